The maximum absolute atomic E-state index is 12.7. The Kier molecular flexibility index (Phi) is 4.28. The van der Waals surface area contributed by atoms with Crippen molar-refractivity contribution in [3.05, 3.63) is 47.9 Å². The number of aromatic nitrogens is 4. The minimum absolute atomic E-state index is 0.00577. The van der Waals surface area contributed by atoms with E-state index in [2.05, 4.69) is 15.0 Å². The van der Waals surface area contributed by atoms with E-state index in [-0.39, 0.29) is 5.91 Å². The van der Waals surface area contributed by atoms with Crippen LogP contribution in [0.5, 0.6) is 0 Å². The Morgan fingerprint density at radius 3 is 2.50 bits per heavy atom. The fourth-order valence-corrected chi connectivity index (χ4v) is 3.40. The van der Waals surface area contributed by atoms with Crippen LogP contribution in [0, 0.1) is 6.92 Å². The number of carbonyl (C=O) groups excluding carboxylic acids is 1. The SMILES string of the molecule is Cc1nc2ccccc2nc1N1CCCN(C(=O)c2ccn(C)n2)CC1. The van der Waals surface area contributed by atoms with E-state index in [1.54, 1.807) is 16.9 Å². The van der Waals surface area contributed by atoms with Gasteiger partial charge in [-0.3, -0.25) is 9.48 Å². The fraction of sp³-hybridized carbons (Fsp3) is 0.368. The van der Waals surface area contributed by atoms with Crippen LogP contribution in [0.25, 0.3) is 11.0 Å². The van der Waals surface area contributed by atoms with Gasteiger partial charge in [0.25, 0.3) is 5.91 Å². The highest BCUT2D eigenvalue weighted by atomic mass is 16.2. The number of nitrogens with zero attached hydrogens (tertiary/aromatic N) is 6. The largest absolute Gasteiger partial charge is 0.353 e. The Morgan fingerprint density at radius 2 is 1.77 bits per heavy atom. The molecule has 7 nitrogen and oxygen atoms in total. The minimum Gasteiger partial charge on any atom is -0.353 e. The zero-order valence-electron chi connectivity index (χ0n) is 15.1. The first-order valence-corrected chi connectivity index (χ1v) is 8.89. The van der Waals surface area contributed by atoms with Crippen molar-refractivity contribution in [2.75, 3.05) is 31.1 Å². The molecule has 0 unspecified atom stereocenters. The van der Waals surface area contributed by atoms with Crippen LogP contribution in [0.15, 0.2) is 36.5 Å². The number of para-hydroxylation sites is 2. The average molecular weight is 350 g/mol. The van der Waals surface area contributed by atoms with Crippen molar-refractivity contribution in [2.45, 2.75) is 13.3 Å². The van der Waals surface area contributed by atoms with Crippen molar-refractivity contribution in [2.24, 2.45) is 7.05 Å². The van der Waals surface area contributed by atoms with Gasteiger partial charge in [0.2, 0.25) is 0 Å². The maximum atomic E-state index is 12.7. The summed E-state index contributed by atoms with van der Waals surface area (Å²) in [5.41, 5.74) is 3.24. The molecule has 0 spiro atoms. The number of hydrogen-bond acceptors (Lipinski definition) is 5. The van der Waals surface area contributed by atoms with Gasteiger partial charge in [-0.25, -0.2) is 9.97 Å². The van der Waals surface area contributed by atoms with Gasteiger partial charge in [0.15, 0.2) is 5.82 Å². The minimum atomic E-state index is -0.00577. The third-order valence-electron chi connectivity index (χ3n) is 4.74. The second-order valence-electron chi connectivity index (χ2n) is 6.63. The summed E-state index contributed by atoms with van der Waals surface area (Å²) in [5.74, 6) is 0.907. The lowest BCUT2D eigenvalue weighted by Crippen LogP contribution is -2.35. The summed E-state index contributed by atoms with van der Waals surface area (Å²) in [6.07, 6.45) is 2.69. The lowest BCUT2D eigenvalue weighted by atomic mass is 10.2. The van der Waals surface area contributed by atoms with E-state index >= 15 is 0 Å². The topological polar surface area (TPSA) is 67.2 Å². The van der Waals surface area contributed by atoms with Crippen LogP contribution in [0.4, 0.5) is 5.82 Å². The number of amides is 1. The van der Waals surface area contributed by atoms with Crippen molar-refractivity contribution in [1.29, 1.82) is 0 Å². The van der Waals surface area contributed by atoms with Gasteiger partial charge in [-0.1, -0.05) is 12.1 Å². The number of rotatable bonds is 2. The van der Waals surface area contributed by atoms with Crippen molar-refractivity contribution < 1.29 is 4.79 Å². The molecule has 0 N–H and O–H groups in total. The molecule has 3 aromatic rings. The molecule has 1 saturated heterocycles. The molecule has 134 valence electrons. The molecule has 2 aromatic heterocycles. The number of aryl methyl sites for hydroxylation is 2. The Hall–Kier alpha value is -2.96. The highest BCUT2D eigenvalue weighted by Gasteiger charge is 2.23. The van der Waals surface area contributed by atoms with E-state index in [1.807, 2.05) is 43.1 Å². The van der Waals surface area contributed by atoms with Crippen LogP contribution in [0.1, 0.15) is 22.6 Å². The summed E-state index contributed by atoms with van der Waals surface area (Å²) in [4.78, 5) is 26.3. The van der Waals surface area contributed by atoms with Gasteiger partial charge in [0.05, 0.1) is 16.7 Å². The highest BCUT2D eigenvalue weighted by Crippen LogP contribution is 2.21. The predicted molar refractivity (Wildman–Crippen MR) is 100 cm³/mol. The molecule has 0 saturated carbocycles. The molecule has 1 aromatic carbocycles. The van der Waals surface area contributed by atoms with Crippen molar-refractivity contribution in [1.82, 2.24) is 24.6 Å². The molecule has 0 radical (unpaired) electrons. The normalized spacial score (nSPS) is 15.3. The van der Waals surface area contributed by atoms with E-state index in [0.29, 0.717) is 12.2 Å². The van der Waals surface area contributed by atoms with Crippen molar-refractivity contribution in [3.8, 4) is 0 Å². The van der Waals surface area contributed by atoms with E-state index < -0.39 is 0 Å². The number of anilines is 1. The van der Waals surface area contributed by atoms with Gasteiger partial charge >= 0.3 is 0 Å². The summed E-state index contributed by atoms with van der Waals surface area (Å²) < 4.78 is 1.66. The first-order valence-electron chi connectivity index (χ1n) is 8.89. The fourth-order valence-electron chi connectivity index (χ4n) is 3.40. The lowest BCUT2D eigenvalue weighted by molar-refractivity contribution is 0.0760. The zero-order chi connectivity index (χ0) is 18.1. The summed E-state index contributed by atoms with van der Waals surface area (Å²) in [6, 6.07) is 9.69. The van der Waals surface area contributed by atoms with Crippen LogP contribution >= 0.6 is 0 Å². The number of fused-ring (bicyclic) bond motifs is 1. The van der Waals surface area contributed by atoms with Gasteiger partial charge < -0.3 is 9.80 Å². The summed E-state index contributed by atoms with van der Waals surface area (Å²) in [5, 5.41) is 4.23. The van der Waals surface area contributed by atoms with Gasteiger partial charge in [-0.15, -0.1) is 0 Å². The maximum Gasteiger partial charge on any atom is 0.274 e. The Morgan fingerprint density at radius 1 is 1.00 bits per heavy atom. The van der Waals surface area contributed by atoms with Crippen LogP contribution in [-0.4, -0.2) is 56.7 Å². The first-order chi connectivity index (χ1) is 12.6. The Labute approximate surface area is 152 Å². The smallest absolute Gasteiger partial charge is 0.274 e. The van der Waals surface area contributed by atoms with E-state index in [1.165, 1.54) is 0 Å². The predicted octanol–water partition coefficient (Wildman–Crippen LogP) is 2.02. The summed E-state index contributed by atoms with van der Waals surface area (Å²) in [7, 11) is 1.82. The Bertz CT molecular complexity index is 950. The van der Waals surface area contributed by atoms with E-state index in [0.717, 1.165) is 48.6 Å². The number of benzene rings is 1. The molecule has 7 heteroatoms. The van der Waals surface area contributed by atoms with Crippen LogP contribution in [0.2, 0.25) is 0 Å². The van der Waals surface area contributed by atoms with Crippen molar-refractivity contribution in [3.63, 3.8) is 0 Å². The van der Waals surface area contributed by atoms with Crippen LogP contribution < -0.4 is 4.90 Å². The second-order valence-corrected chi connectivity index (χ2v) is 6.63. The zero-order valence-corrected chi connectivity index (χ0v) is 15.1. The third-order valence-corrected chi connectivity index (χ3v) is 4.74. The van der Waals surface area contributed by atoms with Gasteiger partial charge in [0, 0.05) is 39.4 Å². The third kappa shape index (κ3) is 3.12. The second kappa shape index (κ2) is 6.74. The average Bonchev–Trinajstić information content (AvgIpc) is 2.93. The molecule has 0 bridgehead atoms. The summed E-state index contributed by atoms with van der Waals surface area (Å²) >= 11 is 0. The highest BCUT2D eigenvalue weighted by molar-refractivity contribution is 5.92. The number of hydrogen-bond donors (Lipinski definition) is 0. The van der Waals surface area contributed by atoms with Gasteiger partial charge in [-0.2, -0.15) is 5.10 Å². The molecule has 0 aliphatic carbocycles. The molecular weight excluding hydrogens is 328 g/mol. The Balaban J connectivity index is 1.53. The molecule has 4 rings (SSSR count). The molecular formula is C19H22N6O. The lowest BCUT2D eigenvalue weighted by Gasteiger charge is -2.23. The van der Waals surface area contributed by atoms with E-state index in [4.69, 9.17) is 4.98 Å². The molecule has 1 aliphatic rings. The van der Waals surface area contributed by atoms with Gasteiger partial charge in [-0.05, 0) is 31.5 Å². The van der Waals surface area contributed by atoms with Crippen LogP contribution in [-0.2, 0) is 7.05 Å². The molecule has 1 fully saturated rings. The quantitative estimate of drug-likeness (QED) is 0.707. The standard InChI is InChI=1S/C19H22N6O/c1-14-18(21-16-7-4-3-6-15(16)20-14)24-9-5-10-25(13-12-24)19(26)17-8-11-23(2)22-17/h3-4,6-8,11H,5,9-10,12-13H2,1-2H3. The first kappa shape index (κ1) is 16.5. The molecule has 3 heterocycles. The molecule has 1 amide bonds. The molecule has 0 atom stereocenters. The van der Waals surface area contributed by atoms with Crippen LogP contribution in [0.3, 0.4) is 0 Å². The monoisotopic (exact) mass is 350 g/mol. The summed E-state index contributed by atoms with van der Waals surface area (Å²) in [6.45, 7) is 4.98. The van der Waals surface area contributed by atoms with E-state index in [9.17, 15) is 4.79 Å². The van der Waals surface area contributed by atoms with Gasteiger partial charge in [0.1, 0.15) is 5.69 Å². The molecule has 1 aliphatic heterocycles. The van der Waals surface area contributed by atoms with Crippen molar-refractivity contribution >= 4 is 22.8 Å². The molecule has 26 heavy (non-hydrogen) atoms. The number of carbonyl (C=O) groups is 1.